The fraction of sp³-hybridized carbons (Fsp3) is 0.366. The van der Waals surface area contributed by atoms with Gasteiger partial charge < -0.3 is 24.1 Å². The minimum Gasteiger partial charge on any atom is -0.405 e. The van der Waals surface area contributed by atoms with Gasteiger partial charge in [0.15, 0.2) is 0 Å². The third-order valence-electron chi connectivity index (χ3n) is 8.97. The van der Waals surface area contributed by atoms with Crippen LogP contribution in [0.3, 0.4) is 0 Å². The Morgan fingerprint density at radius 3 is 1.65 bits per heavy atom. The lowest BCUT2D eigenvalue weighted by atomic mass is 9.97. The topological polar surface area (TPSA) is 68.2 Å². The fourth-order valence-corrected chi connectivity index (χ4v) is 14.1. The van der Waals surface area contributed by atoms with Gasteiger partial charge in [-0.1, -0.05) is 149 Å². The van der Waals surface area contributed by atoms with Crippen molar-refractivity contribution in [3.8, 4) is 0 Å². The molecule has 1 aliphatic rings. The van der Waals surface area contributed by atoms with Gasteiger partial charge in [0.05, 0.1) is 24.4 Å². The van der Waals surface area contributed by atoms with Crippen molar-refractivity contribution in [2.75, 3.05) is 18.1 Å². The third kappa shape index (κ3) is 9.57. The Balaban J connectivity index is 1.42. The summed E-state index contributed by atoms with van der Waals surface area (Å²) in [5.74, 6) is 2.05. The Morgan fingerprint density at radius 2 is 1.18 bits per heavy atom. The Labute approximate surface area is 302 Å². The van der Waals surface area contributed by atoms with Crippen molar-refractivity contribution in [2.24, 2.45) is 0 Å². The van der Waals surface area contributed by atoms with E-state index in [1.54, 1.807) is 0 Å². The molecule has 4 atom stereocenters. The molecule has 0 aliphatic carbocycles. The lowest BCUT2D eigenvalue weighted by Gasteiger charge is -2.44. The molecule has 0 amide bonds. The van der Waals surface area contributed by atoms with Crippen LogP contribution in [-0.4, -0.2) is 65.6 Å². The Hall–Kier alpha value is -2.66. The SMILES string of the molecule is C=C([C@H](O)[C@@H](O)CO[Si](c1ccccc1)(c1ccccc1)C(C)(C)C)[C@H](OCc1ccccc1)[C@@H](OCc1ccccc1)C1SCCCS1. The second-order valence-electron chi connectivity index (χ2n) is 13.5. The van der Waals surface area contributed by atoms with Crippen molar-refractivity contribution in [1.29, 1.82) is 0 Å². The van der Waals surface area contributed by atoms with Gasteiger partial charge in [-0.15, -0.1) is 23.5 Å². The van der Waals surface area contributed by atoms with Crippen LogP contribution in [0, 0.1) is 0 Å². The Morgan fingerprint density at radius 1 is 0.735 bits per heavy atom. The number of aliphatic hydroxyl groups is 2. The van der Waals surface area contributed by atoms with E-state index in [9.17, 15) is 10.2 Å². The predicted molar refractivity (Wildman–Crippen MR) is 208 cm³/mol. The molecule has 1 heterocycles. The number of hydrogen-bond acceptors (Lipinski definition) is 7. The maximum absolute atomic E-state index is 11.9. The molecule has 0 aromatic heterocycles. The first-order chi connectivity index (χ1) is 23.7. The van der Waals surface area contributed by atoms with Crippen LogP contribution in [0.2, 0.25) is 5.04 Å². The fourth-order valence-electron chi connectivity index (χ4n) is 6.42. The lowest BCUT2D eigenvalue weighted by Crippen LogP contribution is -2.67. The molecule has 0 radical (unpaired) electrons. The first kappa shape index (κ1) is 37.6. The van der Waals surface area contributed by atoms with Crippen LogP contribution in [0.25, 0.3) is 0 Å². The molecule has 0 unspecified atom stereocenters. The zero-order valence-corrected chi connectivity index (χ0v) is 31.5. The molecule has 4 aromatic carbocycles. The summed E-state index contributed by atoms with van der Waals surface area (Å²) < 4.78 is 20.4. The average molecular weight is 715 g/mol. The zero-order valence-electron chi connectivity index (χ0n) is 28.8. The summed E-state index contributed by atoms with van der Waals surface area (Å²) in [5.41, 5.74) is 2.46. The van der Waals surface area contributed by atoms with Crippen molar-refractivity contribution in [3.05, 3.63) is 145 Å². The van der Waals surface area contributed by atoms with E-state index in [0.717, 1.165) is 39.4 Å². The number of thioether (sulfide) groups is 2. The molecule has 1 saturated heterocycles. The summed E-state index contributed by atoms with van der Waals surface area (Å²) in [7, 11) is -2.94. The zero-order chi connectivity index (χ0) is 34.7. The van der Waals surface area contributed by atoms with Crippen molar-refractivity contribution < 1.29 is 24.1 Å². The van der Waals surface area contributed by atoms with Gasteiger partial charge in [0.1, 0.15) is 24.4 Å². The van der Waals surface area contributed by atoms with Gasteiger partial charge in [-0.25, -0.2) is 0 Å². The van der Waals surface area contributed by atoms with Gasteiger partial charge in [0.2, 0.25) is 0 Å². The highest BCUT2D eigenvalue weighted by molar-refractivity contribution is 8.17. The van der Waals surface area contributed by atoms with Gasteiger partial charge in [0, 0.05) is 0 Å². The summed E-state index contributed by atoms with van der Waals surface area (Å²) in [4.78, 5) is 0. The molecular formula is C41H50O5S2Si. The van der Waals surface area contributed by atoms with Gasteiger partial charge in [0.25, 0.3) is 8.32 Å². The van der Waals surface area contributed by atoms with E-state index < -0.39 is 32.7 Å². The summed E-state index contributed by atoms with van der Waals surface area (Å²) in [5, 5.41) is 25.5. The molecule has 0 bridgehead atoms. The van der Waals surface area contributed by atoms with E-state index in [-0.39, 0.29) is 16.2 Å². The maximum atomic E-state index is 11.9. The van der Waals surface area contributed by atoms with Crippen LogP contribution in [-0.2, 0) is 27.1 Å². The standard InChI is InChI=1S/C41H50O5S2Si/c1-31(37(43)36(42)30-46-49(41(2,3)4,34-22-13-7-14-23-34)35-24-15-8-16-25-35)38(44-28-32-18-9-5-10-19-32)39(40-47-26-17-27-48-40)45-29-33-20-11-6-12-21-33/h5-16,18-25,36-40,42-43H,1,17,26-30H2,2-4H3/t36-,37-,38-,39+/m0/s1. The first-order valence-corrected chi connectivity index (χ1v) is 21.1. The molecule has 5 nitrogen and oxygen atoms in total. The van der Waals surface area contributed by atoms with E-state index in [1.165, 1.54) is 0 Å². The molecular weight excluding hydrogens is 665 g/mol. The quantitative estimate of drug-likeness (QED) is 0.0940. The molecule has 1 aliphatic heterocycles. The average Bonchev–Trinajstić information content (AvgIpc) is 3.14. The number of benzene rings is 4. The normalized spacial score (nSPS) is 16.8. The highest BCUT2D eigenvalue weighted by Crippen LogP contribution is 2.39. The van der Waals surface area contributed by atoms with Gasteiger partial charge >= 0.3 is 0 Å². The van der Waals surface area contributed by atoms with Gasteiger partial charge in [-0.3, -0.25) is 0 Å². The van der Waals surface area contributed by atoms with E-state index >= 15 is 0 Å². The highest BCUT2D eigenvalue weighted by atomic mass is 32.2. The number of aliphatic hydroxyl groups excluding tert-OH is 2. The largest absolute Gasteiger partial charge is 0.405 e. The van der Waals surface area contributed by atoms with Gasteiger partial charge in [-0.05, 0) is 50.0 Å². The van der Waals surface area contributed by atoms with Crippen LogP contribution >= 0.6 is 23.5 Å². The maximum Gasteiger partial charge on any atom is 0.261 e. The second kappa shape index (κ2) is 18.0. The summed E-state index contributed by atoms with van der Waals surface area (Å²) in [6, 6.07) is 40.7. The van der Waals surface area contributed by atoms with Crippen LogP contribution < -0.4 is 10.4 Å². The molecule has 1 fully saturated rings. The highest BCUT2D eigenvalue weighted by Gasteiger charge is 2.51. The number of rotatable bonds is 16. The van der Waals surface area contributed by atoms with E-state index in [2.05, 4.69) is 51.6 Å². The molecule has 260 valence electrons. The minimum absolute atomic E-state index is 0.0681. The van der Waals surface area contributed by atoms with Gasteiger partial charge in [-0.2, -0.15) is 0 Å². The molecule has 8 heteroatoms. The smallest absolute Gasteiger partial charge is 0.261 e. The number of hydrogen-bond donors (Lipinski definition) is 2. The summed E-state index contributed by atoms with van der Waals surface area (Å²) >= 11 is 3.72. The predicted octanol–water partition coefficient (Wildman–Crippen LogP) is 7.21. The van der Waals surface area contributed by atoms with Crippen molar-refractivity contribution in [3.63, 3.8) is 0 Å². The minimum atomic E-state index is -2.94. The molecule has 0 spiro atoms. The third-order valence-corrected chi connectivity index (χ3v) is 17.0. The number of ether oxygens (including phenoxy) is 2. The molecule has 0 saturated carbocycles. The Kier molecular flexibility index (Phi) is 13.8. The second-order valence-corrected chi connectivity index (χ2v) is 20.6. The van der Waals surface area contributed by atoms with E-state index in [1.807, 2.05) is 121 Å². The van der Waals surface area contributed by atoms with Crippen LogP contribution in [0.4, 0.5) is 0 Å². The Bertz CT molecular complexity index is 1510. The molecule has 4 aromatic rings. The van der Waals surface area contributed by atoms with Crippen LogP contribution in [0.15, 0.2) is 133 Å². The summed E-state index contributed by atoms with van der Waals surface area (Å²) in [6.07, 6.45) is -2.50. The monoisotopic (exact) mass is 714 g/mol. The van der Waals surface area contributed by atoms with Crippen molar-refractivity contribution >= 4 is 42.2 Å². The van der Waals surface area contributed by atoms with Crippen LogP contribution in [0.1, 0.15) is 38.3 Å². The molecule has 5 rings (SSSR count). The molecule has 49 heavy (non-hydrogen) atoms. The van der Waals surface area contributed by atoms with Crippen molar-refractivity contribution in [1.82, 2.24) is 0 Å². The van der Waals surface area contributed by atoms with Crippen molar-refractivity contribution in [2.45, 2.75) is 74.4 Å². The van der Waals surface area contributed by atoms with Crippen LogP contribution in [0.5, 0.6) is 0 Å². The first-order valence-electron chi connectivity index (χ1n) is 17.0. The summed E-state index contributed by atoms with van der Waals surface area (Å²) in [6.45, 7) is 11.6. The van der Waals surface area contributed by atoms with E-state index in [4.69, 9.17) is 13.9 Å². The molecule has 2 N–H and O–H groups in total. The van der Waals surface area contributed by atoms with E-state index in [0.29, 0.717) is 18.8 Å². The lowest BCUT2D eigenvalue weighted by molar-refractivity contribution is -0.0781.